The number of nitrogens with zero attached hydrogens (tertiary/aromatic N) is 5. The largest absolute Gasteiger partial charge is 0.461 e. The van der Waals surface area contributed by atoms with Crippen LogP contribution in [0.15, 0.2) is 12.1 Å². The lowest BCUT2D eigenvalue weighted by Crippen LogP contribution is -2.44. The van der Waals surface area contributed by atoms with Crippen LogP contribution >= 0.6 is 11.6 Å². The molecule has 2 aromatic heterocycles. The fourth-order valence-electron chi connectivity index (χ4n) is 6.59. The first kappa shape index (κ1) is 29.1. The number of aromatic nitrogens is 3. The lowest BCUT2D eigenvalue weighted by atomic mass is 9.95. The Morgan fingerprint density at radius 2 is 2.00 bits per heavy atom. The standard InChI is InChI=1S/C28H30ClF5N6O2/c1-14-8-19(35)36-24(21(14)28(32,33)34)20-18(29)9-17-23(22(20)31)37-26(38-25(17)40-6-7-41-12-15(40)2)42-13-27-4-3-5-39(27)11-16(30)10-27/h8-9,15-16H,3-7,10-13H2,1-2H3,(H2,35,36)/t15-,16+,27-/m0/s1. The number of morpholine rings is 1. The number of aryl methyl sites for hydroxylation is 1. The molecule has 0 amide bonds. The molecule has 0 saturated carbocycles. The number of anilines is 2. The second-order valence-electron chi connectivity index (χ2n) is 11.3. The maximum atomic E-state index is 16.5. The zero-order valence-electron chi connectivity index (χ0n) is 23.1. The minimum absolute atomic E-state index is 0.0906. The zero-order chi connectivity index (χ0) is 30.0. The monoisotopic (exact) mass is 612 g/mol. The third-order valence-electron chi connectivity index (χ3n) is 8.47. The van der Waals surface area contributed by atoms with E-state index in [-0.39, 0.29) is 46.0 Å². The molecule has 14 heteroatoms. The van der Waals surface area contributed by atoms with Crippen molar-refractivity contribution in [2.75, 3.05) is 50.1 Å². The molecule has 6 rings (SSSR count). The van der Waals surface area contributed by atoms with Gasteiger partial charge in [-0.1, -0.05) is 11.6 Å². The van der Waals surface area contributed by atoms with Gasteiger partial charge in [0.25, 0.3) is 0 Å². The van der Waals surface area contributed by atoms with Gasteiger partial charge in [-0.2, -0.15) is 23.1 Å². The fraction of sp³-hybridized carbons (Fsp3) is 0.536. The Balaban J connectivity index is 1.52. The number of benzene rings is 1. The molecule has 226 valence electrons. The average molecular weight is 613 g/mol. The number of hydrogen-bond acceptors (Lipinski definition) is 8. The van der Waals surface area contributed by atoms with Crippen LogP contribution in [0.25, 0.3) is 22.2 Å². The molecule has 0 spiro atoms. The van der Waals surface area contributed by atoms with Crippen LogP contribution in [0.2, 0.25) is 5.02 Å². The number of nitrogens with two attached hydrogens (primary N) is 1. The summed E-state index contributed by atoms with van der Waals surface area (Å²) in [6.45, 7) is 5.48. The molecule has 5 heterocycles. The van der Waals surface area contributed by atoms with Crippen molar-refractivity contribution < 1.29 is 31.4 Å². The number of halogens is 6. The minimum Gasteiger partial charge on any atom is -0.461 e. The first-order chi connectivity index (χ1) is 19.9. The Kier molecular flexibility index (Phi) is 7.33. The predicted octanol–water partition coefficient (Wildman–Crippen LogP) is 5.57. The van der Waals surface area contributed by atoms with Crippen LogP contribution in [0, 0.1) is 12.7 Å². The van der Waals surface area contributed by atoms with E-state index in [2.05, 4.69) is 19.9 Å². The van der Waals surface area contributed by atoms with Crippen molar-refractivity contribution in [1.29, 1.82) is 0 Å². The van der Waals surface area contributed by atoms with Crippen molar-refractivity contribution in [3.8, 4) is 17.3 Å². The second kappa shape index (κ2) is 10.6. The van der Waals surface area contributed by atoms with E-state index in [4.69, 9.17) is 26.8 Å². The summed E-state index contributed by atoms with van der Waals surface area (Å²) in [6, 6.07) is 2.09. The minimum atomic E-state index is -4.86. The number of nitrogen functional groups attached to an aromatic ring is 1. The lowest BCUT2D eigenvalue weighted by Gasteiger charge is -2.35. The van der Waals surface area contributed by atoms with Gasteiger partial charge in [0.05, 0.1) is 46.6 Å². The molecular formula is C28H30ClF5N6O2. The van der Waals surface area contributed by atoms with E-state index in [1.165, 1.54) is 13.0 Å². The highest BCUT2D eigenvalue weighted by Crippen LogP contribution is 2.45. The van der Waals surface area contributed by atoms with E-state index in [9.17, 15) is 17.6 Å². The van der Waals surface area contributed by atoms with Gasteiger partial charge in [-0.25, -0.2) is 13.8 Å². The number of alkyl halides is 4. The van der Waals surface area contributed by atoms with Crippen molar-refractivity contribution in [3.05, 3.63) is 34.1 Å². The maximum Gasteiger partial charge on any atom is 0.418 e. The van der Waals surface area contributed by atoms with Gasteiger partial charge < -0.3 is 20.1 Å². The van der Waals surface area contributed by atoms with Gasteiger partial charge in [0.1, 0.15) is 29.9 Å². The van der Waals surface area contributed by atoms with Gasteiger partial charge in [-0.05, 0) is 50.9 Å². The summed E-state index contributed by atoms with van der Waals surface area (Å²) in [6.07, 6.45) is -3.89. The molecule has 3 aromatic rings. The summed E-state index contributed by atoms with van der Waals surface area (Å²) >= 11 is 6.52. The molecule has 0 unspecified atom stereocenters. The van der Waals surface area contributed by atoms with Gasteiger partial charge >= 0.3 is 12.2 Å². The van der Waals surface area contributed by atoms with Crippen molar-refractivity contribution in [3.63, 3.8) is 0 Å². The first-order valence-corrected chi connectivity index (χ1v) is 14.2. The predicted molar refractivity (Wildman–Crippen MR) is 148 cm³/mol. The molecule has 0 radical (unpaired) electrons. The van der Waals surface area contributed by atoms with E-state index < -0.39 is 40.5 Å². The van der Waals surface area contributed by atoms with Crippen LogP contribution in [0.4, 0.5) is 33.6 Å². The summed E-state index contributed by atoms with van der Waals surface area (Å²) < 4.78 is 84.9. The van der Waals surface area contributed by atoms with Gasteiger partial charge in [0, 0.05) is 24.9 Å². The molecule has 3 fully saturated rings. The van der Waals surface area contributed by atoms with Crippen molar-refractivity contribution in [2.45, 2.75) is 57.0 Å². The van der Waals surface area contributed by atoms with E-state index in [0.29, 0.717) is 38.5 Å². The van der Waals surface area contributed by atoms with Crippen LogP contribution in [0.5, 0.6) is 6.01 Å². The van der Waals surface area contributed by atoms with Gasteiger partial charge in [-0.3, -0.25) is 4.90 Å². The SMILES string of the molecule is Cc1cc(N)nc(-c2c(Cl)cc3c(N4CCOC[C@@H]4C)nc(OC[C@@]45CCCN4C[C@H](F)C5)nc3c2F)c1C(F)(F)F. The molecule has 8 nitrogen and oxygen atoms in total. The summed E-state index contributed by atoms with van der Waals surface area (Å²) in [5.74, 6) is -1.02. The second-order valence-corrected chi connectivity index (χ2v) is 11.7. The van der Waals surface area contributed by atoms with E-state index >= 15 is 4.39 Å². The van der Waals surface area contributed by atoms with Crippen molar-refractivity contribution in [2.24, 2.45) is 0 Å². The number of rotatable bonds is 5. The van der Waals surface area contributed by atoms with Crippen LogP contribution < -0.4 is 15.4 Å². The highest BCUT2D eigenvalue weighted by molar-refractivity contribution is 6.34. The number of pyridine rings is 1. The van der Waals surface area contributed by atoms with E-state index in [1.807, 2.05) is 11.8 Å². The highest BCUT2D eigenvalue weighted by atomic mass is 35.5. The summed E-state index contributed by atoms with van der Waals surface area (Å²) in [7, 11) is 0. The normalized spacial score (nSPS) is 24.9. The third-order valence-corrected chi connectivity index (χ3v) is 8.77. The first-order valence-electron chi connectivity index (χ1n) is 13.8. The topological polar surface area (TPSA) is 89.6 Å². The molecule has 3 saturated heterocycles. The molecule has 42 heavy (non-hydrogen) atoms. The molecule has 0 aliphatic carbocycles. The van der Waals surface area contributed by atoms with Crippen LogP contribution in [-0.2, 0) is 10.9 Å². The average Bonchev–Trinajstić information content (AvgIpc) is 3.42. The third kappa shape index (κ3) is 4.98. The summed E-state index contributed by atoms with van der Waals surface area (Å²) in [5.41, 5.74) is 2.33. The molecule has 0 bridgehead atoms. The van der Waals surface area contributed by atoms with Gasteiger partial charge in [-0.15, -0.1) is 0 Å². The molecule has 3 atom stereocenters. The summed E-state index contributed by atoms with van der Waals surface area (Å²) in [4.78, 5) is 16.8. The summed E-state index contributed by atoms with van der Waals surface area (Å²) in [5, 5.41) is -0.107. The molecule has 3 aliphatic rings. The Hall–Kier alpha value is -3.03. The number of hydrogen-bond donors (Lipinski definition) is 1. The number of ether oxygens (including phenoxy) is 2. The molecule has 1 aromatic carbocycles. The van der Waals surface area contributed by atoms with Crippen molar-refractivity contribution in [1.82, 2.24) is 19.9 Å². The lowest BCUT2D eigenvalue weighted by molar-refractivity contribution is -0.137. The molecule has 3 aliphatic heterocycles. The van der Waals surface area contributed by atoms with E-state index in [0.717, 1.165) is 25.5 Å². The van der Waals surface area contributed by atoms with E-state index in [1.54, 1.807) is 0 Å². The highest BCUT2D eigenvalue weighted by Gasteiger charge is 2.49. The Bertz CT molecular complexity index is 1540. The van der Waals surface area contributed by atoms with Crippen LogP contribution in [-0.4, -0.2) is 77.1 Å². The van der Waals surface area contributed by atoms with Crippen molar-refractivity contribution >= 4 is 34.1 Å². The maximum absolute atomic E-state index is 16.5. The Morgan fingerprint density at radius 1 is 1.21 bits per heavy atom. The molecule has 2 N–H and O–H groups in total. The quantitative estimate of drug-likeness (QED) is 0.374. The fourth-order valence-corrected chi connectivity index (χ4v) is 6.87. The number of fused-ring (bicyclic) bond motifs is 2. The van der Waals surface area contributed by atoms with Gasteiger partial charge in [0.2, 0.25) is 0 Å². The van der Waals surface area contributed by atoms with Crippen LogP contribution in [0.3, 0.4) is 0 Å². The molecular weight excluding hydrogens is 583 g/mol. The zero-order valence-corrected chi connectivity index (χ0v) is 23.8. The van der Waals surface area contributed by atoms with Gasteiger partial charge in [0.15, 0.2) is 5.82 Å². The Labute approximate surface area is 244 Å². The Morgan fingerprint density at radius 3 is 2.74 bits per heavy atom. The smallest absolute Gasteiger partial charge is 0.418 e. The van der Waals surface area contributed by atoms with Crippen LogP contribution in [0.1, 0.15) is 37.3 Å².